The average Bonchev–Trinajstić information content (AvgIpc) is 2.95. The number of benzene rings is 1. The van der Waals surface area contributed by atoms with Crippen LogP contribution in [0.1, 0.15) is 13.3 Å². The standard InChI is InChI=1S/C14H15Cl2N3O3S/c1-4-7-19(2)14(20)22-13-12(17-23-18-13)10-8(15)5-6-9(21-3)11(10)16/h5-6H,4,7H2,1-3H3. The molecule has 0 saturated carbocycles. The topological polar surface area (TPSA) is 64.6 Å². The van der Waals surface area contributed by atoms with Crippen LogP contribution in [0.15, 0.2) is 12.1 Å². The Balaban J connectivity index is 2.37. The summed E-state index contributed by atoms with van der Waals surface area (Å²) in [5.74, 6) is 0.513. The molecule has 0 atom stereocenters. The molecule has 0 unspecified atom stereocenters. The second-order valence-corrected chi connectivity index (χ2v) is 5.96. The Morgan fingerprint density at radius 3 is 2.74 bits per heavy atom. The first-order valence-corrected chi connectivity index (χ1v) is 8.26. The number of hydrogen-bond acceptors (Lipinski definition) is 6. The SMILES string of the molecule is CCCN(C)C(=O)Oc1nsnc1-c1c(Cl)ccc(OC)c1Cl. The molecule has 23 heavy (non-hydrogen) atoms. The zero-order valence-electron chi connectivity index (χ0n) is 12.8. The van der Waals surface area contributed by atoms with E-state index in [0.717, 1.165) is 18.1 Å². The van der Waals surface area contributed by atoms with Crippen molar-refractivity contribution in [1.29, 1.82) is 0 Å². The maximum atomic E-state index is 12.0. The lowest BCUT2D eigenvalue weighted by molar-refractivity contribution is 0.162. The van der Waals surface area contributed by atoms with Gasteiger partial charge in [-0.2, -0.15) is 4.37 Å². The van der Waals surface area contributed by atoms with Gasteiger partial charge in [-0.25, -0.2) is 4.79 Å². The van der Waals surface area contributed by atoms with Crippen molar-refractivity contribution >= 4 is 41.0 Å². The van der Waals surface area contributed by atoms with Crippen molar-refractivity contribution in [1.82, 2.24) is 13.6 Å². The summed E-state index contributed by atoms with van der Waals surface area (Å²) in [5.41, 5.74) is 0.726. The predicted molar refractivity (Wildman–Crippen MR) is 90.9 cm³/mol. The second kappa shape index (κ2) is 7.81. The van der Waals surface area contributed by atoms with Crippen LogP contribution in [0, 0.1) is 0 Å². The molecule has 0 radical (unpaired) electrons. The van der Waals surface area contributed by atoms with Crippen LogP contribution in [-0.2, 0) is 0 Å². The molecular weight excluding hydrogens is 361 g/mol. The Bertz CT molecular complexity index is 709. The van der Waals surface area contributed by atoms with Gasteiger partial charge in [-0.15, -0.1) is 4.37 Å². The van der Waals surface area contributed by atoms with Crippen molar-refractivity contribution in [3.8, 4) is 22.9 Å². The molecular formula is C14H15Cl2N3O3S. The van der Waals surface area contributed by atoms with Crippen LogP contribution in [-0.4, -0.2) is 40.4 Å². The van der Waals surface area contributed by atoms with E-state index in [9.17, 15) is 4.79 Å². The molecule has 0 bridgehead atoms. The number of carbonyl (C=O) groups excluding carboxylic acids is 1. The van der Waals surface area contributed by atoms with Crippen LogP contribution < -0.4 is 9.47 Å². The van der Waals surface area contributed by atoms with Gasteiger partial charge in [-0.05, 0) is 18.6 Å². The Labute approximate surface area is 148 Å². The van der Waals surface area contributed by atoms with Crippen LogP contribution in [0.5, 0.6) is 11.6 Å². The minimum Gasteiger partial charge on any atom is -0.495 e. The highest BCUT2D eigenvalue weighted by Crippen LogP contribution is 2.42. The normalized spacial score (nSPS) is 10.5. The van der Waals surface area contributed by atoms with Gasteiger partial charge >= 0.3 is 6.09 Å². The van der Waals surface area contributed by atoms with Gasteiger partial charge in [-0.3, -0.25) is 0 Å². The molecule has 0 saturated heterocycles. The second-order valence-electron chi connectivity index (χ2n) is 4.65. The summed E-state index contributed by atoms with van der Waals surface area (Å²) in [4.78, 5) is 13.5. The quantitative estimate of drug-likeness (QED) is 0.776. The third-order valence-electron chi connectivity index (χ3n) is 3.03. The van der Waals surface area contributed by atoms with E-state index in [-0.39, 0.29) is 10.9 Å². The molecule has 0 spiro atoms. The lowest BCUT2D eigenvalue weighted by Gasteiger charge is -2.15. The summed E-state index contributed by atoms with van der Waals surface area (Å²) in [6.45, 7) is 2.54. The summed E-state index contributed by atoms with van der Waals surface area (Å²) in [6.07, 6.45) is 0.303. The van der Waals surface area contributed by atoms with Crippen molar-refractivity contribution in [3.05, 3.63) is 22.2 Å². The first-order chi connectivity index (χ1) is 11.0. The number of halogens is 2. The highest BCUT2D eigenvalue weighted by molar-refractivity contribution is 6.99. The van der Waals surface area contributed by atoms with Gasteiger partial charge < -0.3 is 14.4 Å². The summed E-state index contributed by atoms with van der Waals surface area (Å²) >= 11 is 13.4. The van der Waals surface area contributed by atoms with Crippen molar-refractivity contribution in [2.45, 2.75) is 13.3 Å². The average molecular weight is 376 g/mol. The number of rotatable bonds is 5. The summed E-state index contributed by atoms with van der Waals surface area (Å²) in [6, 6.07) is 3.28. The smallest absolute Gasteiger partial charge is 0.416 e. The molecule has 0 aliphatic rings. The van der Waals surface area contributed by atoms with Crippen LogP contribution in [0.2, 0.25) is 10.0 Å². The maximum Gasteiger partial charge on any atom is 0.416 e. The molecule has 9 heteroatoms. The molecule has 1 aromatic heterocycles. The van der Waals surface area contributed by atoms with Crippen LogP contribution in [0.4, 0.5) is 4.79 Å². The van der Waals surface area contributed by atoms with Crippen molar-refractivity contribution < 1.29 is 14.3 Å². The maximum absolute atomic E-state index is 12.0. The van der Waals surface area contributed by atoms with E-state index >= 15 is 0 Å². The van der Waals surface area contributed by atoms with E-state index in [1.807, 2.05) is 6.92 Å². The highest BCUT2D eigenvalue weighted by atomic mass is 35.5. The molecule has 124 valence electrons. The van der Waals surface area contributed by atoms with Gasteiger partial charge in [0.2, 0.25) is 0 Å². The largest absolute Gasteiger partial charge is 0.495 e. The zero-order valence-corrected chi connectivity index (χ0v) is 15.1. The van der Waals surface area contributed by atoms with E-state index in [2.05, 4.69) is 8.75 Å². The fraction of sp³-hybridized carbons (Fsp3) is 0.357. The number of hydrogen-bond donors (Lipinski definition) is 0. The molecule has 1 aromatic carbocycles. The van der Waals surface area contributed by atoms with E-state index in [1.54, 1.807) is 19.2 Å². The lowest BCUT2D eigenvalue weighted by atomic mass is 10.1. The van der Waals surface area contributed by atoms with Gasteiger partial charge in [0.25, 0.3) is 5.88 Å². The number of carbonyl (C=O) groups is 1. The van der Waals surface area contributed by atoms with Gasteiger partial charge in [0.05, 0.1) is 28.9 Å². The Hall–Kier alpha value is -1.57. The molecule has 0 aliphatic heterocycles. The van der Waals surface area contributed by atoms with Crippen LogP contribution in [0.25, 0.3) is 11.3 Å². The lowest BCUT2D eigenvalue weighted by Crippen LogP contribution is -2.30. The van der Waals surface area contributed by atoms with Crippen molar-refractivity contribution in [2.24, 2.45) is 0 Å². The molecule has 2 rings (SSSR count). The Morgan fingerprint density at radius 1 is 1.35 bits per heavy atom. The monoisotopic (exact) mass is 375 g/mol. The molecule has 6 nitrogen and oxygen atoms in total. The number of aromatic nitrogens is 2. The predicted octanol–water partition coefficient (Wildman–Crippen LogP) is 4.36. The number of nitrogens with zero attached hydrogens (tertiary/aromatic N) is 3. The van der Waals surface area contributed by atoms with Crippen LogP contribution >= 0.6 is 34.9 Å². The van der Waals surface area contributed by atoms with Gasteiger partial charge in [0.15, 0.2) is 5.69 Å². The van der Waals surface area contributed by atoms with E-state index in [4.69, 9.17) is 32.7 Å². The summed E-state index contributed by atoms with van der Waals surface area (Å²) in [7, 11) is 3.15. The third kappa shape index (κ3) is 3.85. The van der Waals surface area contributed by atoms with Crippen molar-refractivity contribution in [3.63, 3.8) is 0 Å². The number of methoxy groups -OCH3 is 1. The van der Waals surface area contributed by atoms with E-state index < -0.39 is 6.09 Å². The molecule has 0 fully saturated rings. The number of amides is 1. The fourth-order valence-electron chi connectivity index (χ4n) is 1.90. The minimum absolute atomic E-state index is 0.0695. The van der Waals surface area contributed by atoms with E-state index in [0.29, 0.717) is 28.6 Å². The van der Waals surface area contributed by atoms with Gasteiger partial charge in [0.1, 0.15) is 5.75 Å². The minimum atomic E-state index is -0.518. The highest BCUT2D eigenvalue weighted by Gasteiger charge is 2.23. The first kappa shape index (κ1) is 17.8. The third-order valence-corrected chi connectivity index (χ3v) is 4.23. The fourth-order valence-corrected chi connectivity index (χ4v) is 3.01. The van der Waals surface area contributed by atoms with Crippen LogP contribution in [0.3, 0.4) is 0 Å². The summed E-state index contributed by atoms with van der Waals surface area (Å²) in [5, 5.41) is 0.648. The Morgan fingerprint density at radius 2 is 2.09 bits per heavy atom. The van der Waals surface area contributed by atoms with Gasteiger partial charge in [0, 0.05) is 19.2 Å². The number of ether oxygens (including phenoxy) is 2. The molecule has 0 aliphatic carbocycles. The summed E-state index contributed by atoms with van der Waals surface area (Å²) < 4.78 is 18.6. The molecule has 1 heterocycles. The van der Waals surface area contributed by atoms with Crippen molar-refractivity contribution in [2.75, 3.05) is 20.7 Å². The molecule has 2 aromatic rings. The zero-order chi connectivity index (χ0) is 17.0. The molecule has 0 N–H and O–H groups in total. The van der Waals surface area contributed by atoms with Gasteiger partial charge in [-0.1, -0.05) is 30.1 Å². The molecule has 1 amide bonds. The van der Waals surface area contributed by atoms with E-state index in [1.165, 1.54) is 12.0 Å². The first-order valence-electron chi connectivity index (χ1n) is 6.77. The Kier molecular flexibility index (Phi) is 6.04.